The van der Waals surface area contributed by atoms with Crippen molar-refractivity contribution in [2.45, 2.75) is 45.3 Å². The van der Waals surface area contributed by atoms with Crippen molar-refractivity contribution in [3.63, 3.8) is 0 Å². The van der Waals surface area contributed by atoms with Gasteiger partial charge in [0.25, 0.3) is 5.91 Å². The number of fused-ring (bicyclic) bond motifs is 1. The third kappa shape index (κ3) is 4.07. The fraction of sp³-hybridized carbons (Fsp3) is 0.409. The largest absolute Gasteiger partial charge is 0.349 e. The third-order valence-corrected chi connectivity index (χ3v) is 5.36. The van der Waals surface area contributed by atoms with E-state index in [0.29, 0.717) is 5.56 Å². The highest BCUT2D eigenvalue weighted by atomic mass is 16.1. The van der Waals surface area contributed by atoms with Crippen LogP contribution < -0.4 is 5.32 Å². The van der Waals surface area contributed by atoms with E-state index < -0.39 is 0 Å². The van der Waals surface area contributed by atoms with Crippen LogP contribution in [0.4, 0.5) is 0 Å². The fourth-order valence-corrected chi connectivity index (χ4v) is 3.79. The van der Waals surface area contributed by atoms with Gasteiger partial charge in [-0.05, 0) is 38.3 Å². The van der Waals surface area contributed by atoms with Crippen LogP contribution in [-0.2, 0) is 6.54 Å². The van der Waals surface area contributed by atoms with Crippen molar-refractivity contribution in [3.8, 4) is 0 Å². The van der Waals surface area contributed by atoms with E-state index in [1.54, 1.807) is 12.4 Å². The number of carbonyl (C=O) groups excluding carboxylic acids is 1. The first-order valence-corrected chi connectivity index (χ1v) is 10.0. The number of benzene rings is 1. The Morgan fingerprint density at radius 2 is 1.93 bits per heavy atom. The second kappa shape index (κ2) is 8.10. The first-order chi connectivity index (χ1) is 13.6. The molecule has 1 saturated heterocycles. The number of hydrogen-bond acceptors (Lipinski definition) is 4. The molecule has 0 unspecified atom stereocenters. The number of aromatic nitrogens is 3. The monoisotopic (exact) mass is 377 g/mol. The van der Waals surface area contributed by atoms with Crippen molar-refractivity contribution in [1.82, 2.24) is 25.0 Å². The predicted molar refractivity (Wildman–Crippen MR) is 110 cm³/mol. The van der Waals surface area contributed by atoms with Crippen molar-refractivity contribution in [3.05, 3.63) is 59.9 Å². The molecule has 2 aromatic heterocycles. The number of hydrogen-bond donors (Lipinski definition) is 1. The Morgan fingerprint density at radius 1 is 1.18 bits per heavy atom. The number of piperidine rings is 1. The molecule has 1 aliphatic heterocycles. The normalized spacial score (nSPS) is 16.0. The molecule has 1 N–H and O–H groups in total. The lowest BCUT2D eigenvalue weighted by atomic mass is 10.0. The Balaban J connectivity index is 1.34. The summed E-state index contributed by atoms with van der Waals surface area (Å²) in [6.07, 6.45) is 5.38. The number of nitrogens with zero attached hydrogens (tertiary/aromatic N) is 4. The summed E-state index contributed by atoms with van der Waals surface area (Å²) in [5.74, 6) is -0.0480. The molecule has 0 radical (unpaired) electrons. The first kappa shape index (κ1) is 18.6. The van der Waals surface area contributed by atoms with Gasteiger partial charge in [-0.25, -0.2) is 9.67 Å². The number of nitrogens with one attached hydrogen (secondary N) is 1. The van der Waals surface area contributed by atoms with Crippen molar-refractivity contribution in [1.29, 1.82) is 0 Å². The van der Waals surface area contributed by atoms with E-state index in [1.165, 1.54) is 5.56 Å². The summed E-state index contributed by atoms with van der Waals surface area (Å²) < 4.78 is 1.87. The fourth-order valence-electron chi connectivity index (χ4n) is 3.79. The van der Waals surface area contributed by atoms with Crippen molar-refractivity contribution < 1.29 is 4.79 Å². The Labute approximate surface area is 165 Å². The Hall–Kier alpha value is -2.73. The van der Waals surface area contributed by atoms with E-state index in [0.717, 1.165) is 43.5 Å². The zero-order valence-electron chi connectivity index (χ0n) is 16.5. The van der Waals surface area contributed by atoms with E-state index in [2.05, 4.69) is 58.4 Å². The minimum atomic E-state index is -0.0480. The zero-order chi connectivity index (χ0) is 19.5. The Morgan fingerprint density at radius 3 is 2.64 bits per heavy atom. The van der Waals surface area contributed by atoms with Gasteiger partial charge in [0.1, 0.15) is 0 Å². The van der Waals surface area contributed by atoms with E-state index in [4.69, 9.17) is 0 Å². The molecule has 4 rings (SSSR count). The summed E-state index contributed by atoms with van der Waals surface area (Å²) in [5.41, 5.74) is 2.76. The average molecular weight is 377 g/mol. The molecule has 0 spiro atoms. The molecule has 28 heavy (non-hydrogen) atoms. The van der Waals surface area contributed by atoms with Crippen LogP contribution in [0.5, 0.6) is 0 Å². The number of carbonyl (C=O) groups is 1. The van der Waals surface area contributed by atoms with Crippen LogP contribution in [0.1, 0.15) is 48.7 Å². The SMILES string of the molecule is CC(C)n1ncc2cc(C(=O)NC3CCN(Cc4ccccc4)CC3)cnc21. The molecule has 1 fully saturated rings. The molecule has 0 atom stereocenters. The average Bonchev–Trinajstić information content (AvgIpc) is 3.14. The van der Waals surface area contributed by atoms with Gasteiger partial charge in [0.15, 0.2) is 5.65 Å². The summed E-state index contributed by atoms with van der Waals surface area (Å²) in [7, 11) is 0. The van der Waals surface area contributed by atoms with E-state index in [1.807, 2.05) is 16.8 Å². The molecule has 1 aromatic carbocycles. The summed E-state index contributed by atoms with van der Waals surface area (Å²) in [4.78, 5) is 19.6. The molecule has 0 bridgehead atoms. The molecule has 146 valence electrons. The van der Waals surface area contributed by atoms with Crippen LogP contribution in [0.3, 0.4) is 0 Å². The smallest absolute Gasteiger partial charge is 0.253 e. The number of rotatable bonds is 5. The second-order valence-electron chi connectivity index (χ2n) is 7.83. The molecule has 1 aliphatic rings. The van der Waals surface area contributed by atoms with Gasteiger partial charge >= 0.3 is 0 Å². The maximum absolute atomic E-state index is 12.7. The summed E-state index contributed by atoms with van der Waals surface area (Å²) >= 11 is 0. The molecule has 1 amide bonds. The summed E-state index contributed by atoms with van der Waals surface area (Å²) in [6, 6.07) is 12.9. The quantitative estimate of drug-likeness (QED) is 0.740. The number of amides is 1. The first-order valence-electron chi connectivity index (χ1n) is 10.0. The lowest BCUT2D eigenvalue weighted by Crippen LogP contribution is -2.44. The zero-order valence-corrected chi connectivity index (χ0v) is 16.5. The number of likely N-dealkylation sites (tertiary alicyclic amines) is 1. The van der Waals surface area contributed by atoms with Crippen LogP contribution in [0.25, 0.3) is 11.0 Å². The molecule has 3 aromatic rings. The molecule has 6 nitrogen and oxygen atoms in total. The van der Waals surface area contributed by atoms with Crippen molar-refractivity contribution in [2.75, 3.05) is 13.1 Å². The van der Waals surface area contributed by atoms with Crippen molar-refractivity contribution in [2.24, 2.45) is 0 Å². The Kier molecular flexibility index (Phi) is 5.39. The van der Waals surface area contributed by atoms with Gasteiger partial charge in [0.2, 0.25) is 0 Å². The standard InChI is InChI=1S/C22H27N5O/c1-16(2)27-21-18(14-24-27)12-19(13-23-21)22(28)25-20-8-10-26(11-9-20)15-17-6-4-3-5-7-17/h3-7,12-14,16,20H,8-11,15H2,1-2H3,(H,25,28). The lowest BCUT2D eigenvalue weighted by molar-refractivity contribution is 0.0908. The van der Waals surface area contributed by atoms with Gasteiger partial charge in [-0.3, -0.25) is 9.69 Å². The minimum absolute atomic E-state index is 0.0480. The molecular weight excluding hydrogens is 350 g/mol. The third-order valence-electron chi connectivity index (χ3n) is 5.36. The van der Waals surface area contributed by atoms with Crippen LogP contribution in [0.15, 0.2) is 48.8 Å². The molecule has 0 aliphatic carbocycles. The lowest BCUT2D eigenvalue weighted by Gasteiger charge is -2.32. The molecular formula is C22H27N5O. The van der Waals surface area contributed by atoms with Gasteiger partial charge in [0.05, 0.1) is 11.8 Å². The maximum Gasteiger partial charge on any atom is 0.253 e. The minimum Gasteiger partial charge on any atom is -0.349 e. The van der Waals surface area contributed by atoms with Crippen molar-refractivity contribution >= 4 is 16.9 Å². The van der Waals surface area contributed by atoms with Gasteiger partial charge < -0.3 is 5.32 Å². The van der Waals surface area contributed by atoms with Crippen LogP contribution in [0.2, 0.25) is 0 Å². The predicted octanol–water partition coefficient (Wildman–Crippen LogP) is 3.41. The summed E-state index contributed by atoms with van der Waals surface area (Å²) in [6.45, 7) is 7.11. The van der Waals surface area contributed by atoms with Gasteiger partial charge in [-0.15, -0.1) is 0 Å². The number of pyridine rings is 1. The highest BCUT2D eigenvalue weighted by molar-refractivity contribution is 5.97. The molecule has 6 heteroatoms. The van der Waals surface area contributed by atoms with Crippen LogP contribution in [-0.4, -0.2) is 44.7 Å². The van der Waals surface area contributed by atoms with E-state index in [-0.39, 0.29) is 18.0 Å². The van der Waals surface area contributed by atoms with Crippen LogP contribution in [0, 0.1) is 0 Å². The molecule has 3 heterocycles. The van der Waals surface area contributed by atoms with Gasteiger partial charge in [-0.2, -0.15) is 5.10 Å². The van der Waals surface area contributed by atoms with Gasteiger partial charge in [-0.1, -0.05) is 30.3 Å². The Bertz CT molecular complexity index is 942. The summed E-state index contributed by atoms with van der Waals surface area (Å²) in [5, 5.41) is 8.45. The van der Waals surface area contributed by atoms with E-state index >= 15 is 0 Å². The van der Waals surface area contributed by atoms with Crippen LogP contribution >= 0.6 is 0 Å². The highest BCUT2D eigenvalue weighted by Crippen LogP contribution is 2.18. The van der Waals surface area contributed by atoms with Gasteiger partial charge in [0, 0.05) is 43.3 Å². The molecule has 0 saturated carbocycles. The second-order valence-corrected chi connectivity index (χ2v) is 7.83. The highest BCUT2D eigenvalue weighted by Gasteiger charge is 2.21. The maximum atomic E-state index is 12.7. The topological polar surface area (TPSA) is 63.1 Å². The van der Waals surface area contributed by atoms with E-state index in [9.17, 15) is 4.79 Å².